The monoisotopic (exact) mass is 618 g/mol. The number of ether oxygens (including phenoxy) is 1. The van der Waals surface area contributed by atoms with Gasteiger partial charge in [0.15, 0.2) is 11.4 Å². The van der Waals surface area contributed by atoms with Gasteiger partial charge in [-0.1, -0.05) is 44.2 Å². The lowest BCUT2D eigenvalue weighted by Gasteiger charge is -2.50. The van der Waals surface area contributed by atoms with Crippen molar-refractivity contribution in [3.8, 4) is 16.9 Å². The van der Waals surface area contributed by atoms with Gasteiger partial charge in [-0.2, -0.15) is 0 Å². The molecule has 0 saturated heterocycles. The first-order valence-corrected chi connectivity index (χ1v) is 14.9. The highest BCUT2D eigenvalue weighted by molar-refractivity contribution is 6.24. The van der Waals surface area contributed by atoms with Gasteiger partial charge in [0.1, 0.15) is 22.8 Å². The molecule has 45 heavy (non-hydrogen) atoms. The fourth-order valence-electron chi connectivity index (χ4n) is 6.94. The molecule has 4 unspecified atom stereocenters. The summed E-state index contributed by atoms with van der Waals surface area (Å²) in [5.41, 5.74) is 4.65. The van der Waals surface area contributed by atoms with E-state index in [0.29, 0.717) is 24.2 Å². The van der Waals surface area contributed by atoms with Gasteiger partial charge in [-0.3, -0.25) is 24.1 Å². The van der Waals surface area contributed by atoms with Gasteiger partial charge in [-0.25, -0.2) is 0 Å². The molecule has 0 aromatic heterocycles. The van der Waals surface area contributed by atoms with Crippen molar-refractivity contribution in [2.24, 2.45) is 23.5 Å². The van der Waals surface area contributed by atoms with Crippen LogP contribution in [0.3, 0.4) is 0 Å². The second kappa shape index (κ2) is 11.8. The Morgan fingerprint density at radius 1 is 1.07 bits per heavy atom. The first-order chi connectivity index (χ1) is 21.2. The number of aliphatic hydroxyl groups excluding tert-OH is 2. The molecule has 0 aliphatic heterocycles. The second-order valence-corrected chi connectivity index (χ2v) is 12.7. The number of carbonyl (C=O) groups is 4. The molecule has 3 aliphatic carbocycles. The number of phenolic OH excluding ortho intramolecular Hbond substituents is 1. The minimum atomic E-state index is -2.69. The molecule has 0 radical (unpaired) electrons. The van der Waals surface area contributed by atoms with Crippen molar-refractivity contribution in [2.45, 2.75) is 51.2 Å². The molecule has 1 saturated carbocycles. The molecule has 0 heterocycles. The molecule has 238 valence electrons. The van der Waals surface area contributed by atoms with Crippen molar-refractivity contribution in [3.63, 3.8) is 0 Å². The molecule has 1 amide bonds. The highest BCUT2D eigenvalue weighted by atomic mass is 16.5. The maximum absolute atomic E-state index is 14.0. The number of nitrogens with two attached hydrogens (primary N) is 1. The lowest BCUT2D eigenvalue weighted by atomic mass is 9.57. The predicted molar refractivity (Wildman–Crippen MR) is 164 cm³/mol. The van der Waals surface area contributed by atoms with Crippen LogP contribution in [0.4, 0.5) is 0 Å². The van der Waals surface area contributed by atoms with Gasteiger partial charge in [0.2, 0.25) is 5.78 Å². The average molecular weight is 619 g/mol. The Hall–Kier alpha value is -4.48. The lowest BCUT2D eigenvalue weighted by molar-refractivity contribution is -0.153. The fraction of sp³-hybridized carbons (Fsp3) is 0.412. The molecule has 5 rings (SSSR count). The Bertz CT molecular complexity index is 1650. The van der Waals surface area contributed by atoms with E-state index in [0.717, 1.165) is 11.1 Å². The third kappa shape index (κ3) is 5.29. The summed E-state index contributed by atoms with van der Waals surface area (Å²) in [5, 5.41) is 45.1. The quantitative estimate of drug-likeness (QED) is 0.217. The van der Waals surface area contributed by atoms with E-state index in [1.54, 1.807) is 20.2 Å². The van der Waals surface area contributed by atoms with Gasteiger partial charge in [0, 0.05) is 17.9 Å². The van der Waals surface area contributed by atoms with E-state index in [9.17, 15) is 39.6 Å². The van der Waals surface area contributed by atoms with E-state index in [2.05, 4.69) is 0 Å². The van der Waals surface area contributed by atoms with E-state index in [-0.39, 0.29) is 48.0 Å². The number of aromatic hydroxyl groups is 1. The summed E-state index contributed by atoms with van der Waals surface area (Å²) in [5.74, 6) is -6.91. The number of aryl methyl sites for hydroxylation is 1. The van der Waals surface area contributed by atoms with E-state index < -0.39 is 58.0 Å². The molecule has 2 aromatic carbocycles. The number of aliphatic hydroxyl groups is 3. The second-order valence-electron chi connectivity index (χ2n) is 12.7. The van der Waals surface area contributed by atoms with Crippen LogP contribution in [-0.2, 0) is 36.8 Å². The number of ketones is 2. The number of Topliss-reactive ketones (excluding diaryl/α,β-unsaturated/α-hetero) is 2. The fourth-order valence-corrected chi connectivity index (χ4v) is 6.94. The van der Waals surface area contributed by atoms with Crippen LogP contribution >= 0.6 is 0 Å². The first-order valence-electron chi connectivity index (χ1n) is 14.9. The minimum Gasteiger partial charge on any atom is -0.508 e. The van der Waals surface area contributed by atoms with Crippen LogP contribution in [0.1, 0.15) is 43.4 Å². The number of hydrogen-bond acceptors (Lipinski definition) is 10. The maximum atomic E-state index is 14.0. The number of amides is 1. The molecule has 0 spiro atoms. The van der Waals surface area contributed by atoms with Crippen LogP contribution in [-0.4, -0.2) is 81.1 Å². The number of primary amides is 1. The van der Waals surface area contributed by atoms with Crippen LogP contribution in [0.2, 0.25) is 0 Å². The number of benzene rings is 2. The normalized spacial score (nSPS) is 24.5. The number of esters is 1. The van der Waals surface area contributed by atoms with E-state index in [1.807, 2.05) is 38.1 Å². The Morgan fingerprint density at radius 2 is 1.73 bits per heavy atom. The first kappa shape index (κ1) is 31.9. The van der Waals surface area contributed by atoms with Gasteiger partial charge in [-0.05, 0) is 73.5 Å². The van der Waals surface area contributed by atoms with Gasteiger partial charge in [0.05, 0.1) is 18.2 Å². The van der Waals surface area contributed by atoms with Crippen molar-refractivity contribution in [3.05, 3.63) is 70.0 Å². The van der Waals surface area contributed by atoms with Gasteiger partial charge in [0.25, 0.3) is 5.91 Å². The summed E-state index contributed by atoms with van der Waals surface area (Å²) in [7, 11) is 3.11. The highest BCUT2D eigenvalue weighted by Crippen LogP contribution is 2.53. The Morgan fingerprint density at radius 3 is 2.33 bits per heavy atom. The van der Waals surface area contributed by atoms with Crippen LogP contribution in [0, 0.1) is 17.8 Å². The molecule has 11 heteroatoms. The van der Waals surface area contributed by atoms with Crippen LogP contribution in [0.25, 0.3) is 16.9 Å². The topological polar surface area (TPSA) is 188 Å². The standard InChI is InChI=1S/C34H38N2O9/c1-16(2)15-45-24(38)12-7-17-5-8-18(9-6-17)20-10-11-23(37)26-21(20)13-19-14-22-28(36(3)4)30(40)27(33(35)43)32(42)34(22,44)31(41)25(19)29(26)39/h5-6,8-11,16,19,22,28,37,39,42,44H,7,12-15H2,1-4H3,(H2,35,43). The van der Waals surface area contributed by atoms with E-state index in [4.69, 9.17) is 10.5 Å². The summed E-state index contributed by atoms with van der Waals surface area (Å²) in [6.07, 6.45) is 0.929. The van der Waals surface area contributed by atoms with Crippen LogP contribution in [0.5, 0.6) is 5.75 Å². The van der Waals surface area contributed by atoms with Crippen molar-refractivity contribution >= 4 is 29.2 Å². The molecule has 4 atom stereocenters. The number of hydrogen-bond donors (Lipinski definition) is 5. The third-order valence-electron chi connectivity index (χ3n) is 9.06. The smallest absolute Gasteiger partial charge is 0.306 e. The summed E-state index contributed by atoms with van der Waals surface area (Å²) >= 11 is 0. The number of rotatable bonds is 8. The SMILES string of the molecule is CC(C)COC(=O)CCc1ccc(-c2ccc(O)c3c2CC2CC4C(N(C)C)C(=O)C(C(N)=O)=C(O)C4(O)C(=O)C2=C3O)cc1. The summed E-state index contributed by atoms with van der Waals surface area (Å²) < 4.78 is 5.25. The molecular formula is C34H38N2O9. The molecule has 0 bridgehead atoms. The lowest BCUT2D eigenvalue weighted by Crippen LogP contribution is -2.65. The van der Waals surface area contributed by atoms with E-state index in [1.165, 1.54) is 11.0 Å². The Balaban J connectivity index is 1.53. The number of phenols is 1. The number of carbonyl (C=O) groups excluding carboxylic acids is 4. The molecule has 2 aromatic rings. The van der Waals surface area contributed by atoms with Gasteiger partial charge < -0.3 is 30.9 Å². The molecule has 3 aliphatic rings. The summed E-state index contributed by atoms with van der Waals surface area (Å²) in [6.45, 7) is 4.31. The predicted octanol–water partition coefficient (Wildman–Crippen LogP) is 2.76. The van der Waals surface area contributed by atoms with Gasteiger partial charge >= 0.3 is 5.97 Å². The number of fused-ring (bicyclic) bond motifs is 3. The third-order valence-corrected chi connectivity index (χ3v) is 9.06. The molecule has 1 fully saturated rings. The maximum Gasteiger partial charge on any atom is 0.306 e. The Labute approximate surface area is 260 Å². The molecular weight excluding hydrogens is 580 g/mol. The summed E-state index contributed by atoms with van der Waals surface area (Å²) in [6, 6.07) is 9.49. The van der Waals surface area contributed by atoms with Crippen molar-refractivity contribution in [2.75, 3.05) is 20.7 Å². The minimum absolute atomic E-state index is 0.00665. The zero-order valence-electron chi connectivity index (χ0n) is 25.7. The zero-order chi connectivity index (χ0) is 33.0. The number of likely N-dealkylation sites (N-methyl/N-ethyl adjacent to an activating group) is 1. The van der Waals surface area contributed by atoms with Crippen molar-refractivity contribution in [1.82, 2.24) is 4.90 Å². The van der Waals surface area contributed by atoms with Crippen LogP contribution in [0.15, 0.2) is 53.3 Å². The largest absolute Gasteiger partial charge is 0.508 e. The average Bonchev–Trinajstić information content (AvgIpc) is 2.97. The van der Waals surface area contributed by atoms with Crippen molar-refractivity contribution < 1.29 is 44.3 Å². The molecule has 6 N–H and O–H groups in total. The highest BCUT2D eigenvalue weighted by Gasteiger charge is 2.64. The zero-order valence-corrected chi connectivity index (χ0v) is 25.7. The van der Waals surface area contributed by atoms with Crippen LogP contribution < -0.4 is 5.73 Å². The summed E-state index contributed by atoms with van der Waals surface area (Å²) in [4.78, 5) is 53.0. The Kier molecular flexibility index (Phi) is 8.37. The van der Waals surface area contributed by atoms with E-state index >= 15 is 0 Å². The van der Waals surface area contributed by atoms with Crippen molar-refractivity contribution in [1.29, 1.82) is 0 Å². The molecule has 11 nitrogen and oxygen atoms in total. The number of nitrogens with zero attached hydrogens (tertiary/aromatic N) is 1. The van der Waals surface area contributed by atoms with Gasteiger partial charge in [-0.15, -0.1) is 0 Å².